The molecule has 1 aromatic carbocycles. The minimum Gasteiger partial charge on any atom is -0.478 e. The van der Waals surface area contributed by atoms with Crippen LogP contribution in [0.2, 0.25) is 0 Å². The second-order valence-electron chi connectivity index (χ2n) is 4.42. The van der Waals surface area contributed by atoms with Gasteiger partial charge in [-0.25, -0.2) is 4.79 Å². The zero-order valence-electron chi connectivity index (χ0n) is 10.8. The molecule has 19 heavy (non-hydrogen) atoms. The second-order valence-corrected chi connectivity index (χ2v) is 5.74. The van der Waals surface area contributed by atoms with Gasteiger partial charge in [-0.05, 0) is 44.2 Å². The van der Waals surface area contributed by atoms with Gasteiger partial charge in [-0.3, -0.25) is 0 Å². The number of carboxylic acids is 1. The van der Waals surface area contributed by atoms with E-state index in [1.54, 1.807) is 23.5 Å². The lowest BCUT2D eigenvalue weighted by Crippen LogP contribution is -2.08. The van der Waals surface area contributed by atoms with Gasteiger partial charge in [0, 0.05) is 9.75 Å². The summed E-state index contributed by atoms with van der Waals surface area (Å²) in [6, 6.07) is 9.02. The highest BCUT2D eigenvalue weighted by Gasteiger charge is 2.11. The first-order chi connectivity index (χ1) is 8.97. The molecule has 0 spiro atoms. The van der Waals surface area contributed by atoms with E-state index in [2.05, 4.69) is 31.3 Å². The van der Waals surface area contributed by atoms with Crippen molar-refractivity contribution < 1.29 is 9.90 Å². The summed E-state index contributed by atoms with van der Waals surface area (Å²) in [4.78, 5) is 13.3. The van der Waals surface area contributed by atoms with E-state index in [-0.39, 0.29) is 11.6 Å². The minimum atomic E-state index is -0.972. The Bertz CT molecular complexity index is 607. The van der Waals surface area contributed by atoms with Crippen molar-refractivity contribution in [1.82, 2.24) is 0 Å². The number of aryl methyl sites for hydroxylation is 1. The monoisotopic (exact) mass is 276 g/mol. The molecule has 0 aliphatic heterocycles. The van der Waals surface area contributed by atoms with Gasteiger partial charge in [-0.1, -0.05) is 0 Å². The van der Waals surface area contributed by atoms with Gasteiger partial charge in [-0.15, -0.1) is 11.3 Å². The molecule has 0 fully saturated rings. The third-order valence-corrected chi connectivity index (χ3v) is 4.04. The van der Waals surface area contributed by atoms with Crippen LogP contribution in [0.1, 0.15) is 33.1 Å². The number of aromatic carboxylic acids is 1. The van der Waals surface area contributed by atoms with E-state index < -0.39 is 5.97 Å². The number of benzene rings is 1. The molecule has 1 atom stereocenters. The van der Waals surface area contributed by atoms with Gasteiger partial charge in [-0.2, -0.15) is 0 Å². The number of carbonyl (C=O) groups is 1. The number of carboxylic acid groups (broad SMARTS) is 1. The van der Waals surface area contributed by atoms with Crippen molar-refractivity contribution >= 4 is 28.7 Å². The molecule has 0 radical (unpaired) electrons. The van der Waals surface area contributed by atoms with Gasteiger partial charge in [0.05, 0.1) is 23.0 Å². The number of nitrogen functional groups attached to an aromatic ring is 1. The van der Waals surface area contributed by atoms with Crippen LogP contribution < -0.4 is 11.1 Å². The van der Waals surface area contributed by atoms with E-state index in [0.29, 0.717) is 5.69 Å². The highest BCUT2D eigenvalue weighted by Crippen LogP contribution is 2.28. The summed E-state index contributed by atoms with van der Waals surface area (Å²) in [5.74, 6) is -0.972. The molecule has 0 aliphatic carbocycles. The number of thiophene rings is 1. The normalized spacial score (nSPS) is 12.1. The smallest absolute Gasteiger partial charge is 0.335 e. The number of nitrogens with two attached hydrogens (primary N) is 1. The molecule has 100 valence electrons. The Morgan fingerprint density at radius 1 is 1.37 bits per heavy atom. The van der Waals surface area contributed by atoms with Gasteiger partial charge in [0.25, 0.3) is 0 Å². The van der Waals surface area contributed by atoms with Gasteiger partial charge in [0.15, 0.2) is 0 Å². The van der Waals surface area contributed by atoms with Crippen molar-refractivity contribution in [2.45, 2.75) is 19.9 Å². The first kappa shape index (κ1) is 13.4. The van der Waals surface area contributed by atoms with Crippen molar-refractivity contribution in [2.24, 2.45) is 0 Å². The van der Waals surface area contributed by atoms with Crippen LogP contribution in [-0.2, 0) is 0 Å². The Kier molecular flexibility index (Phi) is 3.76. The van der Waals surface area contributed by atoms with Crippen molar-refractivity contribution in [3.8, 4) is 0 Å². The Morgan fingerprint density at radius 3 is 2.63 bits per heavy atom. The maximum atomic E-state index is 10.8. The lowest BCUT2D eigenvalue weighted by Gasteiger charge is -2.15. The Hall–Kier alpha value is -2.01. The van der Waals surface area contributed by atoms with Crippen LogP contribution >= 0.6 is 11.3 Å². The van der Waals surface area contributed by atoms with Crippen molar-refractivity contribution in [3.63, 3.8) is 0 Å². The summed E-state index contributed by atoms with van der Waals surface area (Å²) in [5, 5.41) is 12.2. The largest absolute Gasteiger partial charge is 0.478 e. The molecule has 2 aromatic rings. The van der Waals surface area contributed by atoms with Gasteiger partial charge >= 0.3 is 5.97 Å². The number of hydrogen-bond acceptors (Lipinski definition) is 4. The molecular weight excluding hydrogens is 260 g/mol. The number of anilines is 2. The fraction of sp³-hybridized carbons (Fsp3) is 0.214. The van der Waals surface area contributed by atoms with E-state index in [1.165, 1.54) is 15.8 Å². The van der Waals surface area contributed by atoms with Crippen LogP contribution in [0.5, 0.6) is 0 Å². The van der Waals surface area contributed by atoms with Crippen molar-refractivity contribution in [2.75, 3.05) is 11.1 Å². The first-order valence-electron chi connectivity index (χ1n) is 5.93. The fourth-order valence-corrected chi connectivity index (χ4v) is 2.70. The molecular formula is C14H16N2O2S. The molecule has 0 bridgehead atoms. The number of nitrogens with one attached hydrogen (secondary N) is 1. The Labute approximate surface area is 115 Å². The predicted molar refractivity (Wildman–Crippen MR) is 78.9 cm³/mol. The molecule has 0 saturated heterocycles. The van der Waals surface area contributed by atoms with E-state index >= 15 is 0 Å². The lowest BCUT2D eigenvalue weighted by atomic mass is 10.1. The van der Waals surface area contributed by atoms with Crippen LogP contribution in [0, 0.1) is 6.92 Å². The van der Waals surface area contributed by atoms with Crippen LogP contribution in [0.3, 0.4) is 0 Å². The van der Waals surface area contributed by atoms with Crippen molar-refractivity contribution in [1.29, 1.82) is 0 Å². The summed E-state index contributed by atoms with van der Waals surface area (Å²) < 4.78 is 0. The summed E-state index contributed by atoms with van der Waals surface area (Å²) in [5.41, 5.74) is 7.26. The lowest BCUT2D eigenvalue weighted by molar-refractivity contribution is 0.0697. The standard InChI is InChI=1S/C14H16N2O2S/c1-8-3-6-13(19-8)9(2)16-12-5-4-10(14(17)18)7-11(12)15/h3-7,9,16H,15H2,1-2H3,(H,17,18). The molecule has 0 saturated carbocycles. The molecule has 4 nitrogen and oxygen atoms in total. The van der Waals surface area contributed by atoms with E-state index in [4.69, 9.17) is 10.8 Å². The average Bonchev–Trinajstić information content (AvgIpc) is 2.78. The summed E-state index contributed by atoms with van der Waals surface area (Å²) in [6.45, 7) is 4.12. The summed E-state index contributed by atoms with van der Waals surface area (Å²) in [7, 11) is 0. The van der Waals surface area contributed by atoms with Crippen molar-refractivity contribution in [3.05, 3.63) is 45.6 Å². The minimum absolute atomic E-state index is 0.136. The van der Waals surface area contributed by atoms with Crippen LogP contribution in [-0.4, -0.2) is 11.1 Å². The highest BCUT2D eigenvalue weighted by atomic mass is 32.1. The fourth-order valence-electron chi connectivity index (χ4n) is 1.82. The first-order valence-corrected chi connectivity index (χ1v) is 6.74. The van der Waals surface area contributed by atoms with Gasteiger partial charge in [0.2, 0.25) is 0 Å². The van der Waals surface area contributed by atoms with E-state index in [0.717, 1.165) is 5.69 Å². The van der Waals surface area contributed by atoms with Crippen LogP contribution in [0.25, 0.3) is 0 Å². The maximum Gasteiger partial charge on any atom is 0.335 e. The summed E-state index contributed by atoms with van der Waals surface area (Å²) >= 11 is 1.73. The summed E-state index contributed by atoms with van der Waals surface area (Å²) in [6.07, 6.45) is 0. The molecule has 1 unspecified atom stereocenters. The molecule has 5 heteroatoms. The quantitative estimate of drug-likeness (QED) is 0.747. The molecule has 2 rings (SSSR count). The van der Waals surface area contributed by atoms with Gasteiger partial charge in [0.1, 0.15) is 0 Å². The Morgan fingerprint density at radius 2 is 2.11 bits per heavy atom. The van der Waals surface area contributed by atoms with E-state index in [9.17, 15) is 4.79 Å². The SMILES string of the molecule is Cc1ccc(C(C)Nc2ccc(C(=O)O)cc2N)s1. The van der Waals surface area contributed by atoms with Crippen LogP contribution in [0.4, 0.5) is 11.4 Å². The molecule has 0 aliphatic rings. The second kappa shape index (κ2) is 5.32. The third-order valence-electron chi connectivity index (χ3n) is 2.86. The zero-order valence-corrected chi connectivity index (χ0v) is 11.6. The zero-order chi connectivity index (χ0) is 14.0. The molecule has 4 N–H and O–H groups in total. The van der Waals surface area contributed by atoms with Crippen LogP contribution in [0.15, 0.2) is 30.3 Å². The highest BCUT2D eigenvalue weighted by molar-refractivity contribution is 7.12. The molecule has 0 amide bonds. The molecule has 1 heterocycles. The maximum absolute atomic E-state index is 10.8. The average molecular weight is 276 g/mol. The molecule has 1 aromatic heterocycles. The predicted octanol–water partition coefficient (Wildman–Crippen LogP) is 3.51. The number of rotatable bonds is 4. The van der Waals surface area contributed by atoms with Gasteiger partial charge < -0.3 is 16.2 Å². The Balaban J connectivity index is 2.17. The number of hydrogen-bond donors (Lipinski definition) is 3. The topological polar surface area (TPSA) is 75.3 Å². The third kappa shape index (κ3) is 3.06. The van der Waals surface area contributed by atoms with E-state index in [1.807, 2.05) is 0 Å².